The van der Waals surface area contributed by atoms with Gasteiger partial charge in [-0.05, 0) is 62.2 Å². The van der Waals surface area contributed by atoms with E-state index >= 15 is 0 Å². The Kier molecular flexibility index (Phi) is 3.55. The number of benzene rings is 1. The molecule has 140 valence electrons. The van der Waals surface area contributed by atoms with E-state index in [1.165, 1.54) is 31.2 Å². The van der Waals surface area contributed by atoms with Crippen LogP contribution in [0.5, 0.6) is 5.75 Å². The highest BCUT2D eigenvalue weighted by Crippen LogP contribution is 2.64. The van der Waals surface area contributed by atoms with Crippen molar-refractivity contribution in [1.82, 2.24) is 4.90 Å². The molecule has 1 aliphatic carbocycles. The van der Waals surface area contributed by atoms with Gasteiger partial charge in [0, 0.05) is 17.5 Å². The number of anilines is 1. The zero-order valence-electron chi connectivity index (χ0n) is 15.7. The Bertz CT molecular complexity index is 751. The highest BCUT2D eigenvalue weighted by molar-refractivity contribution is 5.73. The number of para-hydroxylation sites is 1. The number of piperidine rings is 1. The number of hydrogen-bond donors (Lipinski definition) is 1. The first-order chi connectivity index (χ1) is 12.6. The van der Waals surface area contributed by atoms with E-state index in [1.807, 2.05) is 0 Å². The lowest BCUT2D eigenvalue weighted by Gasteiger charge is -2.57. The number of methoxy groups -OCH3 is 2. The topological polar surface area (TPSA) is 50.8 Å². The van der Waals surface area contributed by atoms with Crippen LogP contribution >= 0.6 is 0 Å². The summed E-state index contributed by atoms with van der Waals surface area (Å²) < 4.78 is 10.8. The van der Waals surface area contributed by atoms with Gasteiger partial charge >= 0.3 is 5.97 Å². The molecule has 1 N–H and O–H groups in total. The van der Waals surface area contributed by atoms with Gasteiger partial charge in [0.1, 0.15) is 5.75 Å². The Hall–Kier alpha value is -1.75. The average Bonchev–Trinajstić information content (AvgIpc) is 3.22. The summed E-state index contributed by atoms with van der Waals surface area (Å²) in [5.41, 5.74) is 2.73. The summed E-state index contributed by atoms with van der Waals surface area (Å²) in [6, 6.07) is 7.32. The minimum absolute atomic E-state index is 0.0463. The summed E-state index contributed by atoms with van der Waals surface area (Å²) in [7, 11) is 3.27. The van der Waals surface area contributed by atoms with Gasteiger partial charge in [-0.1, -0.05) is 12.1 Å². The van der Waals surface area contributed by atoms with Crippen LogP contribution in [-0.2, 0) is 14.9 Å². The third-order valence-electron chi connectivity index (χ3n) is 7.71. The molecule has 0 bridgehead atoms. The normalized spacial score (nSPS) is 37.3. The summed E-state index contributed by atoms with van der Waals surface area (Å²) in [6.45, 7) is 2.28. The van der Waals surface area contributed by atoms with Crippen molar-refractivity contribution in [3.63, 3.8) is 0 Å². The van der Waals surface area contributed by atoms with Gasteiger partial charge in [0.2, 0.25) is 0 Å². The van der Waals surface area contributed by atoms with E-state index in [-0.39, 0.29) is 16.8 Å². The first kappa shape index (κ1) is 16.4. The Morgan fingerprint density at radius 3 is 2.96 bits per heavy atom. The molecule has 1 saturated carbocycles. The maximum absolute atomic E-state index is 12.3. The molecule has 5 heteroatoms. The quantitative estimate of drug-likeness (QED) is 0.844. The van der Waals surface area contributed by atoms with Crippen molar-refractivity contribution in [2.24, 2.45) is 5.41 Å². The molecule has 3 fully saturated rings. The highest BCUT2D eigenvalue weighted by Gasteiger charge is 2.67. The van der Waals surface area contributed by atoms with Gasteiger partial charge in [0.05, 0.1) is 26.3 Å². The van der Waals surface area contributed by atoms with E-state index in [0.717, 1.165) is 38.1 Å². The smallest absolute Gasteiger partial charge is 0.306 e. The van der Waals surface area contributed by atoms with Gasteiger partial charge in [0.25, 0.3) is 0 Å². The molecule has 3 aliphatic heterocycles. The number of fused-ring (bicyclic) bond motifs is 1. The molecular weight excluding hydrogens is 328 g/mol. The SMILES string of the molecule is COC(=O)CC12CCCN3CCC4(c5cccc(OC)c5NC4CC1)C32. The van der Waals surface area contributed by atoms with Gasteiger partial charge in [-0.25, -0.2) is 0 Å². The van der Waals surface area contributed by atoms with Gasteiger partial charge in [0.15, 0.2) is 0 Å². The first-order valence-corrected chi connectivity index (χ1v) is 9.89. The molecule has 5 rings (SSSR count). The van der Waals surface area contributed by atoms with Gasteiger partial charge in [-0.15, -0.1) is 0 Å². The molecule has 1 aromatic carbocycles. The Morgan fingerprint density at radius 2 is 2.15 bits per heavy atom. The van der Waals surface area contributed by atoms with Gasteiger partial charge in [-0.2, -0.15) is 0 Å². The zero-order valence-corrected chi connectivity index (χ0v) is 15.7. The minimum atomic E-state index is -0.0517. The Balaban J connectivity index is 1.66. The molecule has 4 unspecified atom stereocenters. The Labute approximate surface area is 155 Å². The van der Waals surface area contributed by atoms with E-state index in [2.05, 4.69) is 28.4 Å². The second-order valence-electron chi connectivity index (χ2n) is 8.57. The largest absolute Gasteiger partial charge is 0.495 e. The third kappa shape index (κ3) is 1.92. The molecule has 4 atom stereocenters. The first-order valence-electron chi connectivity index (χ1n) is 9.89. The predicted molar refractivity (Wildman–Crippen MR) is 99.6 cm³/mol. The molecule has 2 saturated heterocycles. The molecule has 4 aliphatic rings. The number of carbonyl (C=O) groups is 1. The number of hydrogen-bond acceptors (Lipinski definition) is 5. The number of ether oxygens (including phenoxy) is 2. The number of nitrogens with one attached hydrogen (secondary N) is 1. The predicted octanol–water partition coefficient (Wildman–Crippen LogP) is 2.94. The van der Waals surface area contributed by atoms with Crippen LogP contribution in [0.3, 0.4) is 0 Å². The monoisotopic (exact) mass is 356 g/mol. The van der Waals surface area contributed by atoms with Crippen LogP contribution in [0.15, 0.2) is 18.2 Å². The second kappa shape index (κ2) is 5.62. The van der Waals surface area contributed by atoms with E-state index in [9.17, 15) is 4.79 Å². The summed E-state index contributed by atoms with van der Waals surface area (Å²) in [4.78, 5) is 15.0. The fraction of sp³-hybridized carbons (Fsp3) is 0.667. The summed E-state index contributed by atoms with van der Waals surface area (Å²) in [5, 5.41) is 3.82. The number of rotatable bonds is 3. The van der Waals surface area contributed by atoms with Crippen molar-refractivity contribution in [2.45, 2.75) is 56.0 Å². The fourth-order valence-electron chi connectivity index (χ4n) is 6.90. The van der Waals surface area contributed by atoms with Crippen molar-refractivity contribution in [2.75, 3.05) is 32.6 Å². The van der Waals surface area contributed by atoms with Crippen LogP contribution in [0.25, 0.3) is 0 Å². The average molecular weight is 356 g/mol. The van der Waals surface area contributed by atoms with Crippen molar-refractivity contribution in [3.8, 4) is 5.75 Å². The standard InChI is InChI=1S/C21H28N2O3/c1-25-15-6-3-5-14-18(15)22-16-7-9-20(13-17(24)26-2)8-4-11-23-12-10-21(14,16)19(20)23/h3,5-6,16,19,22H,4,7-13H2,1-2H3. The maximum atomic E-state index is 12.3. The summed E-state index contributed by atoms with van der Waals surface area (Å²) in [5.74, 6) is 0.892. The molecule has 1 spiro atoms. The van der Waals surface area contributed by atoms with Crippen molar-refractivity contribution < 1.29 is 14.3 Å². The van der Waals surface area contributed by atoms with Crippen LogP contribution in [0.4, 0.5) is 5.69 Å². The van der Waals surface area contributed by atoms with Crippen LogP contribution in [0.1, 0.15) is 44.1 Å². The van der Waals surface area contributed by atoms with Gasteiger partial charge in [-0.3, -0.25) is 9.69 Å². The fourth-order valence-corrected chi connectivity index (χ4v) is 6.90. The maximum Gasteiger partial charge on any atom is 0.306 e. The molecule has 0 aromatic heterocycles. The molecule has 1 aromatic rings. The third-order valence-corrected chi connectivity index (χ3v) is 7.71. The van der Waals surface area contributed by atoms with Crippen molar-refractivity contribution in [3.05, 3.63) is 23.8 Å². The highest BCUT2D eigenvalue weighted by atomic mass is 16.5. The lowest BCUT2D eigenvalue weighted by atomic mass is 9.52. The minimum Gasteiger partial charge on any atom is -0.495 e. The van der Waals surface area contributed by atoms with E-state index in [1.54, 1.807) is 7.11 Å². The van der Waals surface area contributed by atoms with Crippen LogP contribution in [0, 0.1) is 5.41 Å². The zero-order chi connectivity index (χ0) is 17.9. The number of esters is 1. The van der Waals surface area contributed by atoms with E-state index in [4.69, 9.17) is 9.47 Å². The Morgan fingerprint density at radius 1 is 1.27 bits per heavy atom. The lowest BCUT2D eigenvalue weighted by molar-refractivity contribution is -0.148. The van der Waals surface area contributed by atoms with Crippen LogP contribution in [-0.4, -0.2) is 50.3 Å². The number of nitrogens with zero attached hydrogens (tertiary/aromatic N) is 1. The summed E-state index contributed by atoms with van der Waals surface area (Å²) in [6.07, 6.45) is 6.25. The molecule has 0 amide bonds. The van der Waals surface area contributed by atoms with Crippen molar-refractivity contribution in [1.29, 1.82) is 0 Å². The molecule has 26 heavy (non-hydrogen) atoms. The van der Waals surface area contributed by atoms with Crippen molar-refractivity contribution >= 4 is 11.7 Å². The van der Waals surface area contributed by atoms with Crippen LogP contribution in [0.2, 0.25) is 0 Å². The molecule has 5 nitrogen and oxygen atoms in total. The van der Waals surface area contributed by atoms with E-state index < -0.39 is 0 Å². The summed E-state index contributed by atoms with van der Waals surface area (Å²) >= 11 is 0. The van der Waals surface area contributed by atoms with E-state index in [0.29, 0.717) is 18.5 Å². The van der Waals surface area contributed by atoms with Crippen LogP contribution < -0.4 is 10.1 Å². The molecular formula is C21H28N2O3. The number of carbonyl (C=O) groups excluding carboxylic acids is 1. The van der Waals surface area contributed by atoms with Gasteiger partial charge < -0.3 is 14.8 Å². The molecule has 3 heterocycles. The lowest BCUT2D eigenvalue weighted by Crippen LogP contribution is -2.63. The molecule has 0 radical (unpaired) electrons. The second-order valence-corrected chi connectivity index (χ2v) is 8.57.